The molecule has 3 aromatic carbocycles. The summed E-state index contributed by atoms with van der Waals surface area (Å²) in [6.45, 7) is 2.92. The fraction of sp³-hybridized carbons (Fsp3) is 0.321. The van der Waals surface area contributed by atoms with E-state index in [4.69, 9.17) is 23.2 Å². The second kappa shape index (κ2) is 10.0. The number of thioether (sulfide) groups is 1. The lowest BCUT2D eigenvalue weighted by Crippen LogP contribution is -2.40. The van der Waals surface area contributed by atoms with Gasteiger partial charge in [0, 0.05) is 26.8 Å². The van der Waals surface area contributed by atoms with Crippen LogP contribution in [0, 0.1) is 5.82 Å². The molecule has 0 saturated carbocycles. The Labute approximate surface area is 214 Å². The molecule has 2 heterocycles. The lowest BCUT2D eigenvalue weighted by atomic mass is 9.84. The van der Waals surface area contributed by atoms with Gasteiger partial charge >= 0.3 is 0 Å². The van der Waals surface area contributed by atoms with Gasteiger partial charge in [-0.1, -0.05) is 53.5 Å². The van der Waals surface area contributed by atoms with Crippen molar-refractivity contribution in [3.05, 3.63) is 105 Å². The average Bonchev–Trinajstić information content (AvgIpc) is 3.15. The number of likely N-dealkylation sites (tertiary alicyclic amines) is 1. The molecule has 1 spiro atoms. The van der Waals surface area contributed by atoms with Gasteiger partial charge in [-0.3, -0.25) is 4.79 Å². The maximum absolute atomic E-state index is 13.1. The van der Waals surface area contributed by atoms with Crippen LogP contribution in [0.5, 0.6) is 0 Å². The van der Waals surface area contributed by atoms with E-state index in [0.717, 1.165) is 49.5 Å². The number of ketones is 1. The van der Waals surface area contributed by atoms with Gasteiger partial charge in [0.2, 0.25) is 0 Å². The van der Waals surface area contributed by atoms with Crippen molar-refractivity contribution in [3.8, 4) is 0 Å². The van der Waals surface area contributed by atoms with Crippen LogP contribution >= 0.6 is 35.0 Å². The Kier molecular flexibility index (Phi) is 7.04. The fourth-order valence-corrected chi connectivity index (χ4v) is 7.64. The third-order valence-corrected chi connectivity index (χ3v) is 9.42. The molecule has 2 aliphatic heterocycles. The van der Waals surface area contributed by atoms with E-state index in [1.807, 2.05) is 23.9 Å². The summed E-state index contributed by atoms with van der Waals surface area (Å²) >= 11 is 14.8. The van der Waals surface area contributed by atoms with Crippen LogP contribution in [0.2, 0.25) is 10.0 Å². The summed E-state index contributed by atoms with van der Waals surface area (Å²) in [4.78, 5) is 14.9. The molecule has 5 rings (SSSR count). The number of carbonyl (C=O) groups excluding carboxylic acids is 1. The first-order chi connectivity index (χ1) is 16.4. The lowest BCUT2D eigenvalue weighted by molar-refractivity contribution is 0.0971. The molecule has 2 nitrogen and oxygen atoms in total. The summed E-state index contributed by atoms with van der Waals surface area (Å²) in [6.07, 6.45) is 3.45. The van der Waals surface area contributed by atoms with Crippen molar-refractivity contribution in [1.82, 2.24) is 4.90 Å². The van der Waals surface area contributed by atoms with E-state index in [2.05, 4.69) is 35.2 Å². The SMILES string of the molecule is O=C(CCCN1CCC2(CC1)SC(c1ccc(Cl)cc1Cl)c1ccccc12)c1ccc(F)cc1. The minimum absolute atomic E-state index is 0.0800. The first-order valence-electron chi connectivity index (χ1n) is 11.7. The Balaban J connectivity index is 1.22. The molecule has 2 aliphatic rings. The molecular formula is C28H26Cl2FNOS. The number of piperidine rings is 1. The Morgan fingerprint density at radius 2 is 1.74 bits per heavy atom. The summed E-state index contributed by atoms with van der Waals surface area (Å²) in [7, 11) is 0. The van der Waals surface area contributed by atoms with Crippen LogP contribution in [0.4, 0.5) is 4.39 Å². The monoisotopic (exact) mass is 513 g/mol. The number of hydrogen-bond donors (Lipinski definition) is 0. The number of Topliss-reactive ketones (excluding diaryl/α,β-unsaturated/α-hetero) is 1. The molecule has 6 heteroatoms. The van der Waals surface area contributed by atoms with Crippen LogP contribution in [0.1, 0.15) is 58.0 Å². The van der Waals surface area contributed by atoms with Gasteiger partial charge in [-0.15, -0.1) is 11.8 Å². The average molecular weight is 514 g/mol. The third kappa shape index (κ3) is 4.79. The molecule has 1 saturated heterocycles. The zero-order chi connectivity index (χ0) is 23.7. The summed E-state index contributed by atoms with van der Waals surface area (Å²) < 4.78 is 13.2. The van der Waals surface area contributed by atoms with E-state index < -0.39 is 0 Å². The highest BCUT2D eigenvalue weighted by molar-refractivity contribution is 8.01. The molecule has 3 aromatic rings. The molecule has 176 valence electrons. The quantitative estimate of drug-likeness (QED) is 0.312. The zero-order valence-corrected chi connectivity index (χ0v) is 21.1. The van der Waals surface area contributed by atoms with E-state index in [1.165, 1.54) is 23.3 Å². The maximum Gasteiger partial charge on any atom is 0.162 e. The lowest BCUT2D eigenvalue weighted by Gasteiger charge is -2.40. The van der Waals surface area contributed by atoms with Crippen molar-refractivity contribution in [2.24, 2.45) is 0 Å². The molecule has 0 radical (unpaired) electrons. The number of halogens is 3. The van der Waals surface area contributed by atoms with Crippen LogP contribution in [0.3, 0.4) is 0 Å². The van der Waals surface area contributed by atoms with Crippen LogP contribution < -0.4 is 0 Å². The van der Waals surface area contributed by atoms with Gasteiger partial charge in [0.15, 0.2) is 5.78 Å². The third-order valence-electron chi connectivity index (χ3n) is 7.03. The van der Waals surface area contributed by atoms with Crippen molar-refractivity contribution >= 4 is 40.7 Å². The Hall–Kier alpha value is -1.85. The van der Waals surface area contributed by atoms with Crippen molar-refractivity contribution in [2.45, 2.75) is 35.7 Å². The van der Waals surface area contributed by atoms with Gasteiger partial charge in [0.1, 0.15) is 5.82 Å². The summed E-state index contributed by atoms with van der Waals surface area (Å²) in [5, 5.41) is 1.59. The predicted octanol–water partition coefficient (Wildman–Crippen LogP) is 7.92. The number of nitrogens with zero attached hydrogens (tertiary/aromatic N) is 1. The summed E-state index contributed by atoms with van der Waals surface area (Å²) in [6, 6.07) is 20.4. The topological polar surface area (TPSA) is 20.3 Å². The standard InChI is InChI=1S/C28H26Cl2FNOS/c29-20-9-12-23(25(30)18-20)27-22-4-1-2-5-24(22)28(34-27)13-16-32(17-14-28)15-3-6-26(33)19-7-10-21(31)11-8-19/h1-2,4-5,7-12,18,27H,3,6,13-17H2. The Bertz CT molecular complexity index is 1190. The van der Waals surface area contributed by atoms with Gasteiger partial charge in [-0.05, 0) is 92.0 Å². The number of benzene rings is 3. The maximum atomic E-state index is 13.1. The molecule has 1 fully saturated rings. The van der Waals surface area contributed by atoms with Crippen molar-refractivity contribution in [1.29, 1.82) is 0 Å². The minimum Gasteiger partial charge on any atom is -0.303 e. The van der Waals surface area contributed by atoms with Gasteiger partial charge < -0.3 is 4.90 Å². The number of carbonyl (C=O) groups is 1. The van der Waals surface area contributed by atoms with Crippen LogP contribution in [0.15, 0.2) is 66.7 Å². The first-order valence-corrected chi connectivity index (χ1v) is 13.3. The van der Waals surface area contributed by atoms with Gasteiger partial charge in [-0.25, -0.2) is 4.39 Å². The second-order valence-corrected chi connectivity index (χ2v) is 11.5. The highest BCUT2D eigenvalue weighted by Crippen LogP contribution is 2.62. The van der Waals surface area contributed by atoms with E-state index >= 15 is 0 Å². The van der Waals surface area contributed by atoms with Gasteiger partial charge in [-0.2, -0.15) is 0 Å². The number of rotatable bonds is 6. The molecule has 0 bridgehead atoms. The molecule has 34 heavy (non-hydrogen) atoms. The molecule has 1 atom stereocenters. The van der Waals surface area contributed by atoms with E-state index in [9.17, 15) is 9.18 Å². The van der Waals surface area contributed by atoms with Crippen molar-refractivity contribution in [2.75, 3.05) is 19.6 Å². The molecule has 1 unspecified atom stereocenters. The van der Waals surface area contributed by atoms with Crippen molar-refractivity contribution < 1.29 is 9.18 Å². The molecule has 0 N–H and O–H groups in total. The highest BCUT2D eigenvalue weighted by Gasteiger charge is 2.46. The Morgan fingerprint density at radius 3 is 2.47 bits per heavy atom. The first kappa shape index (κ1) is 23.9. The number of hydrogen-bond acceptors (Lipinski definition) is 3. The van der Waals surface area contributed by atoms with Gasteiger partial charge in [0.25, 0.3) is 0 Å². The number of fused-ring (bicyclic) bond motifs is 2. The summed E-state index contributed by atoms with van der Waals surface area (Å²) in [5.41, 5.74) is 4.50. The van der Waals surface area contributed by atoms with Gasteiger partial charge in [0.05, 0.1) is 5.25 Å². The zero-order valence-electron chi connectivity index (χ0n) is 18.8. The second-order valence-electron chi connectivity index (χ2n) is 9.12. The highest BCUT2D eigenvalue weighted by atomic mass is 35.5. The normalized spacial score (nSPS) is 19.3. The van der Waals surface area contributed by atoms with E-state index in [-0.39, 0.29) is 21.6 Å². The predicted molar refractivity (Wildman–Crippen MR) is 140 cm³/mol. The smallest absolute Gasteiger partial charge is 0.162 e. The fourth-order valence-electron chi connectivity index (χ4n) is 5.21. The largest absolute Gasteiger partial charge is 0.303 e. The molecule has 0 aromatic heterocycles. The van der Waals surface area contributed by atoms with Crippen LogP contribution in [-0.2, 0) is 4.75 Å². The van der Waals surface area contributed by atoms with Crippen LogP contribution in [-0.4, -0.2) is 30.3 Å². The van der Waals surface area contributed by atoms with E-state index in [1.54, 1.807) is 12.1 Å². The van der Waals surface area contributed by atoms with E-state index in [0.29, 0.717) is 17.0 Å². The summed E-state index contributed by atoms with van der Waals surface area (Å²) in [5.74, 6) is -0.234. The van der Waals surface area contributed by atoms with Crippen molar-refractivity contribution in [3.63, 3.8) is 0 Å². The molecule has 0 aliphatic carbocycles. The molecule has 0 amide bonds. The minimum atomic E-state index is -0.314. The Morgan fingerprint density at radius 1 is 1.00 bits per heavy atom. The molecular weight excluding hydrogens is 488 g/mol. The van der Waals surface area contributed by atoms with Crippen LogP contribution in [0.25, 0.3) is 0 Å².